The van der Waals surface area contributed by atoms with Crippen LogP contribution in [0.15, 0.2) is 24.3 Å². The Labute approximate surface area is 114 Å². The molecule has 0 radical (unpaired) electrons. The summed E-state index contributed by atoms with van der Waals surface area (Å²) in [6.45, 7) is 1.65. The third kappa shape index (κ3) is 3.42. The van der Waals surface area contributed by atoms with E-state index in [0.29, 0.717) is 25.0 Å². The maximum absolute atomic E-state index is 12.5. The number of para-hydroxylation sites is 1. The van der Waals surface area contributed by atoms with Gasteiger partial charge in [-0.2, -0.15) is 0 Å². The summed E-state index contributed by atoms with van der Waals surface area (Å²) in [5.74, 6) is 1.08. The fourth-order valence-corrected chi connectivity index (χ4v) is 2.77. The predicted octanol–water partition coefficient (Wildman–Crippen LogP) is 3.12. The average Bonchev–Trinajstić information content (AvgIpc) is 2.72. The van der Waals surface area contributed by atoms with E-state index in [1.807, 2.05) is 24.3 Å². The fraction of sp³-hybridized carbons (Fsp3) is 0.538. The summed E-state index contributed by atoms with van der Waals surface area (Å²) in [5.41, 5.74) is 1.13. The molecular weight excluding hydrogens is 304 g/mol. The van der Waals surface area contributed by atoms with Crippen LogP contribution in [0.4, 0.5) is 8.78 Å². The Kier molecular flexibility index (Phi) is 4.95. The van der Waals surface area contributed by atoms with Gasteiger partial charge in [0, 0.05) is 29.9 Å². The third-order valence-corrected chi connectivity index (χ3v) is 3.43. The summed E-state index contributed by atoms with van der Waals surface area (Å²) in [7, 11) is 0. The molecule has 0 aliphatic carbocycles. The highest BCUT2D eigenvalue weighted by molar-refractivity contribution is 9.09. The number of rotatable bonds is 6. The quantitative estimate of drug-likeness (QED) is 0.747. The minimum atomic E-state index is -2.29. The van der Waals surface area contributed by atoms with Crippen molar-refractivity contribution in [3.05, 3.63) is 29.8 Å². The number of halogens is 3. The number of hydrogen-bond donors (Lipinski definition) is 0. The number of fused-ring (bicyclic) bond motifs is 1. The molecule has 0 saturated carbocycles. The molecule has 0 N–H and O–H groups in total. The summed E-state index contributed by atoms with van der Waals surface area (Å²) >= 11 is 3.30. The normalized spacial score (nSPS) is 18.2. The lowest BCUT2D eigenvalue weighted by atomic mass is 10.0. The van der Waals surface area contributed by atoms with Crippen molar-refractivity contribution in [2.24, 2.45) is 0 Å². The van der Waals surface area contributed by atoms with Crippen LogP contribution < -0.4 is 4.74 Å². The molecule has 2 rings (SSSR count). The second kappa shape index (κ2) is 6.48. The van der Waals surface area contributed by atoms with E-state index in [-0.39, 0.29) is 12.5 Å². The zero-order chi connectivity index (χ0) is 13.0. The Hall–Kier alpha value is -0.680. The topological polar surface area (TPSA) is 12.5 Å². The van der Waals surface area contributed by atoms with Crippen LogP contribution in [-0.4, -0.2) is 42.9 Å². The van der Waals surface area contributed by atoms with Gasteiger partial charge in [0.25, 0.3) is 6.43 Å². The highest BCUT2D eigenvalue weighted by Gasteiger charge is 2.26. The van der Waals surface area contributed by atoms with Gasteiger partial charge in [0.15, 0.2) is 0 Å². The molecule has 0 saturated heterocycles. The first-order valence-electron chi connectivity index (χ1n) is 5.99. The predicted molar refractivity (Wildman–Crippen MR) is 70.9 cm³/mol. The van der Waals surface area contributed by atoms with Gasteiger partial charge in [-0.1, -0.05) is 34.1 Å². The Morgan fingerprint density at radius 1 is 1.39 bits per heavy atom. The molecule has 5 heteroatoms. The Balaban J connectivity index is 2.00. The molecule has 1 unspecified atom stereocenters. The van der Waals surface area contributed by atoms with E-state index in [1.54, 1.807) is 4.90 Å². The first-order valence-corrected chi connectivity index (χ1v) is 7.11. The van der Waals surface area contributed by atoms with Gasteiger partial charge in [0.1, 0.15) is 5.75 Å². The van der Waals surface area contributed by atoms with Gasteiger partial charge in [-0.05, 0) is 6.07 Å². The van der Waals surface area contributed by atoms with Crippen molar-refractivity contribution >= 4 is 15.9 Å². The lowest BCUT2D eigenvalue weighted by Gasteiger charge is -2.23. The number of benzene rings is 1. The molecule has 0 fully saturated rings. The van der Waals surface area contributed by atoms with E-state index in [2.05, 4.69) is 15.9 Å². The standard InChI is InChI=1S/C13H16BrF2NO/c14-5-6-17(8-13(15)16)7-10-9-18-12-4-2-1-3-11(10)12/h1-4,10,13H,5-9H2. The molecular formula is C13H16BrF2NO. The lowest BCUT2D eigenvalue weighted by molar-refractivity contribution is 0.0868. The van der Waals surface area contributed by atoms with Gasteiger partial charge in [0.2, 0.25) is 0 Å². The molecule has 2 nitrogen and oxygen atoms in total. The summed E-state index contributed by atoms with van der Waals surface area (Å²) in [6.07, 6.45) is -2.29. The van der Waals surface area contributed by atoms with E-state index in [1.165, 1.54) is 0 Å². The first kappa shape index (κ1) is 13.7. The molecule has 1 aromatic carbocycles. The van der Waals surface area contributed by atoms with Crippen LogP contribution in [0.2, 0.25) is 0 Å². The number of nitrogens with zero attached hydrogens (tertiary/aromatic N) is 1. The molecule has 1 aromatic rings. The van der Waals surface area contributed by atoms with Gasteiger partial charge in [-0.25, -0.2) is 8.78 Å². The maximum atomic E-state index is 12.5. The Morgan fingerprint density at radius 3 is 2.89 bits per heavy atom. The summed E-state index contributed by atoms with van der Waals surface area (Å²) in [5, 5.41) is 0.703. The largest absolute Gasteiger partial charge is 0.493 e. The molecule has 0 bridgehead atoms. The zero-order valence-electron chi connectivity index (χ0n) is 9.99. The average molecular weight is 320 g/mol. The van der Waals surface area contributed by atoms with Gasteiger partial charge in [-0.15, -0.1) is 0 Å². The van der Waals surface area contributed by atoms with Crippen LogP contribution in [-0.2, 0) is 0 Å². The molecule has 1 aliphatic heterocycles. The molecule has 1 aliphatic rings. The second-order valence-electron chi connectivity index (χ2n) is 4.39. The summed E-state index contributed by atoms with van der Waals surface area (Å²) < 4.78 is 30.5. The maximum Gasteiger partial charge on any atom is 0.251 e. The van der Waals surface area contributed by atoms with Gasteiger partial charge < -0.3 is 4.74 Å². The Morgan fingerprint density at radius 2 is 2.17 bits per heavy atom. The van der Waals surface area contributed by atoms with Crippen molar-refractivity contribution in [2.75, 3.05) is 31.6 Å². The molecule has 0 spiro atoms. The van der Waals surface area contributed by atoms with E-state index in [0.717, 1.165) is 11.3 Å². The highest BCUT2D eigenvalue weighted by atomic mass is 79.9. The first-order chi connectivity index (χ1) is 8.70. The van der Waals surface area contributed by atoms with Crippen LogP contribution in [0, 0.1) is 0 Å². The lowest BCUT2D eigenvalue weighted by Crippen LogP contribution is -2.34. The van der Waals surface area contributed by atoms with E-state index < -0.39 is 6.43 Å². The van der Waals surface area contributed by atoms with Crippen LogP contribution in [0.25, 0.3) is 0 Å². The van der Waals surface area contributed by atoms with Crippen molar-refractivity contribution < 1.29 is 13.5 Å². The van der Waals surface area contributed by atoms with E-state index >= 15 is 0 Å². The minimum absolute atomic E-state index is 0.176. The monoisotopic (exact) mass is 319 g/mol. The van der Waals surface area contributed by atoms with Gasteiger partial charge in [0.05, 0.1) is 13.2 Å². The van der Waals surface area contributed by atoms with Crippen LogP contribution in [0.5, 0.6) is 5.75 Å². The smallest absolute Gasteiger partial charge is 0.251 e. The van der Waals surface area contributed by atoms with Crippen molar-refractivity contribution in [2.45, 2.75) is 12.3 Å². The van der Waals surface area contributed by atoms with Crippen molar-refractivity contribution in [1.29, 1.82) is 0 Å². The minimum Gasteiger partial charge on any atom is -0.493 e. The molecule has 1 heterocycles. The zero-order valence-corrected chi connectivity index (χ0v) is 11.6. The summed E-state index contributed by atoms with van der Waals surface area (Å²) in [4.78, 5) is 1.79. The highest BCUT2D eigenvalue weighted by Crippen LogP contribution is 2.33. The number of ether oxygens (including phenoxy) is 1. The Bertz CT molecular complexity index is 389. The summed E-state index contributed by atoms with van der Waals surface area (Å²) in [6, 6.07) is 7.83. The van der Waals surface area contributed by atoms with E-state index in [9.17, 15) is 8.78 Å². The van der Waals surface area contributed by atoms with Crippen molar-refractivity contribution in [3.8, 4) is 5.75 Å². The van der Waals surface area contributed by atoms with Crippen molar-refractivity contribution in [3.63, 3.8) is 0 Å². The van der Waals surface area contributed by atoms with Crippen LogP contribution in [0.1, 0.15) is 11.5 Å². The fourth-order valence-electron chi connectivity index (χ4n) is 2.26. The molecule has 1 atom stereocenters. The number of hydrogen-bond acceptors (Lipinski definition) is 2. The number of alkyl halides is 3. The van der Waals surface area contributed by atoms with Gasteiger partial charge in [-0.3, -0.25) is 4.90 Å². The van der Waals surface area contributed by atoms with E-state index in [4.69, 9.17) is 4.74 Å². The van der Waals surface area contributed by atoms with Gasteiger partial charge >= 0.3 is 0 Å². The molecule has 0 aromatic heterocycles. The third-order valence-electron chi connectivity index (χ3n) is 3.07. The van der Waals surface area contributed by atoms with Crippen LogP contribution >= 0.6 is 15.9 Å². The molecule has 100 valence electrons. The molecule has 18 heavy (non-hydrogen) atoms. The molecule has 0 amide bonds. The van der Waals surface area contributed by atoms with Crippen LogP contribution in [0.3, 0.4) is 0 Å². The SMILES string of the molecule is FC(F)CN(CCBr)CC1COc2ccccc21. The second-order valence-corrected chi connectivity index (χ2v) is 5.18. The van der Waals surface area contributed by atoms with Crippen molar-refractivity contribution in [1.82, 2.24) is 4.90 Å².